The Kier molecular flexibility index (Phi) is 5.38. The number of nitrogens with zero attached hydrogens (tertiary/aromatic N) is 3. The zero-order valence-corrected chi connectivity index (χ0v) is 9.78. The summed E-state index contributed by atoms with van der Waals surface area (Å²) in [5, 5.41) is 21.6. The van der Waals surface area contributed by atoms with Crippen molar-refractivity contribution in [3.63, 3.8) is 0 Å². The van der Waals surface area contributed by atoms with Gasteiger partial charge in [0.1, 0.15) is 0 Å². The van der Waals surface area contributed by atoms with Gasteiger partial charge in [0.2, 0.25) is 5.91 Å². The van der Waals surface area contributed by atoms with Crippen molar-refractivity contribution in [2.75, 3.05) is 26.3 Å². The predicted molar refractivity (Wildman–Crippen MR) is 63.0 cm³/mol. The van der Waals surface area contributed by atoms with Crippen molar-refractivity contribution in [3.05, 3.63) is 24.0 Å². The molecule has 0 bridgehead atoms. The Labute approximate surface area is 99.8 Å². The molecule has 0 saturated carbocycles. The van der Waals surface area contributed by atoms with E-state index in [1.165, 1.54) is 11.0 Å². The van der Waals surface area contributed by atoms with Gasteiger partial charge in [-0.25, -0.2) is 0 Å². The maximum atomic E-state index is 11.7. The summed E-state index contributed by atoms with van der Waals surface area (Å²) in [7, 11) is 1.78. The number of hydrogen-bond acceptors (Lipinski definition) is 4. The molecule has 0 radical (unpaired) electrons. The van der Waals surface area contributed by atoms with Gasteiger partial charge >= 0.3 is 0 Å². The lowest BCUT2D eigenvalue weighted by atomic mass is 10.3. The van der Waals surface area contributed by atoms with Crippen LogP contribution in [0.3, 0.4) is 0 Å². The van der Waals surface area contributed by atoms with E-state index in [1.54, 1.807) is 30.1 Å². The monoisotopic (exact) mass is 239 g/mol. The van der Waals surface area contributed by atoms with Crippen LogP contribution in [-0.4, -0.2) is 57.1 Å². The van der Waals surface area contributed by atoms with E-state index in [4.69, 9.17) is 10.2 Å². The van der Waals surface area contributed by atoms with E-state index >= 15 is 0 Å². The lowest BCUT2D eigenvalue weighted by Gasteiger charge is -2.18. The predicted octanol–water partition coefficient (Wildman–Crippen LogP) is -0.754. The number of carbonyl (C=O) groups is 1. The Hall–Kier alpha value is -1.66. The van der Waals surface area contributed by atoms with Crippen molar-refractivity contribution >= 4 is 12.0 Å². The Balaban J connectivity index is 2.63. The fourth-order valence-corrected chi connectivity index (χ4v) is 1.38. The van der Waals surface area contributed by atoms with Gasteiger partial charge < -0.3 is 15.1 Å². The van der Waals surface area contributed by atoms with E-state index in [-0.39, 0.29) is 32.2 Å². The molecule has 0 aromatic carbocycles. The molecule has 1 rings (SSSR count). The number of aryl methyl sites for hydroxylation is 1. The number of amides is 1. The van der Waals surface area contributed by atoms with Crippen LogP contribution in [0, 0.1) is 0 Å². The first-order valence-corrected chi connectivity index (χ1v) is 5.35. The molecule has 1 heterocycles. The van der Waals surface area contributed by atoms with Crippen LogP contribution < -0.4 is 0 Å². The van der Waals surface area contributed by atoms with Crippen LogP contribution in [0.4, 0.5) is 0 Å². The third-order valence-electron chi connectivity index (χ3n) is 2.31. The highest BCUT2D eigenvalue weighted by molar-refractivity contribution is 5.91. The third kappa shape index (κ3) is 4.01. The highest BCUT2D eigenvalue weighted by Crippen LogP contribution is 2.00. The SMILES string of the molecule is Cn1nccc1C=CC(=O)N(CCO)CCO. The number of hydrogen-bond donors (Lipinski definition) is 2. The van der Waals surface area contributed by atoms with Crippen molar-refractivity contribution in [2.45, 2.75) is 0 Å². The van der Waals surface area contributed by atoms with Gasteiger partial charge in [-0.1, -0.05) is 0 Å². The molecule has 1 aromatic rings. The van der Waals surface area contributed by atoms with E-state index in [0.29, 0.717) is 0 Å². The van der Waals surface area contributed by atoms with Crippen LogP contribution in [0.1, 0.15) is 5.69 Å². The first-order valence-electron chi connectivity index (χ1n) is 5.35. The van der Waals surface area contributed by atoms with E-state index in [9.17, 15) is 4.79 Å². The molecule has 1 aromatic heterocycles. The summed E-state index contributed by atoms with van der Waals surface area (Å²) < 4.78 is 1.65. The quantitative estimate of drug-likeness (QED) is 0.640. The topological polar surface area (TPSA) is 78.6 Å². The molecule has 17 heavy (non-hydrogen) atoms. The molecule has 0 spiro atoms. The molecule has 0 aliphatic carbocycles. The second kappa shape index (κ2) is 6.82. The lowest BCUT2D eigenvalue weighted by molar-refractivity contribution is -0.126. The van der Waals surface area contributed by atoms with Gasteiger partial charge in [0, 0.05) is 32.4 Å². The summed E-state index contributed by atoms with van der Waals surface area (Å²) in [5.41, 5.74) is 0.811. The Morgan fingerprint density at radius 3 is 2.59 bits per heavy atom. The van der Waals surface area contributed by atoms with Crippen molar-refractivity contribution in [1.29, 1.82) is 0 Å². The smallest absolute Gasteiger partial charge is 0.246 e. The molecule has 0 atom stereocenters. The molecular formula is C11H17N3O3. The van der Waals surface area contributed by atoms with Crippen molar-refractivity contribution < 1.29 is 15.0 Å². The molecule has 1 amide bonds. The summed E-state index contributed by atoms with van der Waals surface area (Å²) in [6.45, 7) is 0.195. The second-order valence-electron chi connectivity index (χ2n) is 3.49. The fraction of sp³-hybridized carbons (Fsp3) is 0.455. The van der Waals surface area contributed by atoms with Gasteiger partial charge in [-0.15, -0.1) is 0 Å². The summed E-state index contributed by atoms with van der Waals surface area (Å²) in [6.07, 6.45) is 4.70. The number of carbonyl (C=O) groups excluding carboxylic acids is 1. The molecule has 6 heteroatoms. The van der Waals surface area contributed by atoms with Crippen molar-refractivity contribution in [1.82, 2.24) is 14.7 Å². The van der Waals surface area contributed by atoms with Crippen LogP contribution in [-0.2, 0) is 11.8 Å². The standard InChI is InChI=1S/C11H17N3O3/c1-13-10(4-5-12-13)2-3-11(17)14(6-8-15)7-9-16/h2-5,15-16H,6-9H2,1H3. The van der Waals surface area contributed by atoms with Crippen LogP contribution >= 0.6 is 0 Å². The molecule has 0 unspecified atom stereocenters. The van der Waals surface area contributed by atoms with Crippen molar-refractivity contribution in [3.8, 4) is 0 Å². The maximum Gasteiger partial charge on any atom is 0.246 e. The van der Waals surface area contributed by atoms with E-state index in [1.807, 2.05) is 0 Å². The van der Waals surface area contributed by atoms with Gasteiger partial charge in [0.15, 0.2) is 0 Å². The highest BCUT2D eigenvalue weighted by atomic mass is 16.3. The van der Waals surface area contributed by atoms with Gasteiger partial charge in [-0.05, 0) is 12.1 Å². The number of aliphatic hydroxyl groups is 2. The minimum Gasteiger partial charge on any atom is -0.395 e. The second-order valence-corrected chi connectivity index (χ2v) is 3.49. The van der Waals surface area contributed by atoms with E-state index < -0.39 is 0 Å². The Bertz CT molecular complexity index is 381. The molecule has 0 aliphatic rings. The maximum absolute atomic E-state index is 11.7. The molecule has 94 valence electrons. The summed E-state index contributed by atoms with van der Waals surface area (Å²) in [5.74, 6) is -0.241. The van der Waals surface area contributed by atoms with Gasteiger partial charge in [-0.3, -0.25) is 9.48 Å². The highest BCUT2D eigenvalue weighted by Gasteiger charge is 2.08. The largest absolute Gasteiger partial charge is 0.395 e. The van der Waals surface area contributed by atoms with Crippen LogP contribution in [0.5, 0.6) is 0 Å². The molecule has 0 saturated heterocycles. The van der Waals surface area contributed by atoms with Crippen LogP contribution in [0.2, 0.25) is 0 Å². The summed E-state index contributed by atoms with van der Waals surface area (Å²) in [6, 6.07) is 1.78. The average Bonchev–Trinajstić information content (AvgIpc) is 2.71. The number of aliphatic hydroxyl groups excluding tert-OH is 2. The summed E-state index contributed by atoms with van der Waals surface area (Å²) >= 11 is 0. The lowest BCUT2D eigenvalue weighted by Crippen LogP contribution is -2.34. The van der Waals surface area contributed by atoms with E-state index in [2.05, 4.69) is 5.10 Å². The Morgan fingerprint density at radius 1 is 1.47 bits per heavy atom. The first-order chi connectivity index (χ1) is 8.19. The van der Waals surface area contributed by atoms with Crippen molar-refractivity contribution in [2.24, 2.45) is 7.05 Å². The molecule has 2 N–H and O–H groups in total. The fourth-order valence-electron chi connectivity index (χ4n) is 1.38. The molecule has 6 nitrogen and oxygen atoms in total. The minimum absolute atomic E-state index is 0.120. The zero-order valence-electron chi connectivity index (χ0n) is 9.78. The zero-order chi connectivity index (χ0) is 12.7. The Morgan fingerprint density at radius 2 is 2.12 bits per heavy atom. The third-order valence-corrected chi connectivity index (χ3v) is 2.31. The number of aromatic nitrogens is 2. The number of rotatable bonds is 6. The molecular weight excluding hydrogens is 222 g/mol. The van der Waals surface area contributed by atoms with E-state index in [0.717, 1.165) is 5.69 Å². The normalized spacial score (nSPS) is 11.0. The molecule has 0 fully saturated rings. The van der Waals surface area contributed by atoms with Crippen LogP contribution in [0.25, 0.3) is 6.08 Å². The van der Waals surface area contributed by atoms with Gasteiger partial charge in [0.25, 0.3) is 0 Å². The molecule has 0 aliphatic heterocycles. The average molecular weight is 239 g/mol. The van der Waals surface area contributed by atoms with Crippen LogP contribution in [0.15, 0.2) is 18.3 Å². The first kappa shape index (κ1) is 13.4. The van der Waals surface area contributed by atoms with Gasteiger partial charge in [-0.2, -0.15) is 5.10 Å². The van der Waals surface area contributed by atoms with Gasteiger partial charge in [0.05, 0.1) is 18.9 Å². The minimum atomic E-state index is -0.241. The summed E-state index contributed by atoms with van der Waals surface area (Å²) in [4.78, 5) is 13.1.